The molecule has 2 amide bonds. The number of anilines is 1. The van der Waals surface area contributed by atoms with Crippen molar-refractivity contribution in [2.75, 3.05) is 19.0 Å². The summed E-state index contributed by atoms with van der Waals surface area (Å²) in [5.41, 5.74) is 5.04. The molecule has 0 aliphatic rings. The molecule has 0 aliphatic carbocycles. The number of nitrogens with one attached hydrogen (secondary N) is 2. The number of amides is 2. The fourth-order valence-corrected chi connectivity index (χ4v) is 3.28. The van der Waals surface area contributed by atoms with Gasteiger partial charge in [0.1, 0.15) is 12.4 Å². The van der Waals surface area contributed by atoms with Crippen LogP contribution in [0.2, 0.25) is 0 Å². The number of hydrogen-bond acceptors (Lipinski definition) is 7. The largest absolute Gasteiger partial charge is 0.494 e. The van der Waals surface area contributed by atoms with Crippen LogP contribution in [0.1, 0.15) is 36.5 Å². The number of hydrazone groups is 1. The molecule has 0 saturated heterocycles. The first-order valence-corrected chi connectivity index (χ1v) is 11.7. The fourth-order valence-electron chi connectivity index (χ4n) is 3.28. The second kappa shape index (κ2) is 13.9. The summed E-state index contributed by atoms with van der Waals surface area (Å²) in [5, 5.41) is 15.9. The Kier molecular flexibility index (Phi) is 10.1. The monoisotopic (exact) mass is 500 g/mol. The van der Waals surface area contributed by atoms with Crippen molar-refractivity contribution in [2.24, 2.45) is 5.10 Å². The number of nitriles is 1. The minimum atomic E-state index is -0.388. The van der Waals surface area contributed by atoms with Gasteiger partial charge in [-0.1, -0.05) is 18.2 Å². The minimum Gasteiger partial charge on any atom is -0.494 e. The van der Waals surface area contributed by atoms with Crippen molar-refractivity contribution in [3.8, 4) is 23.3 Å². The van der Waals surface area contributed by atoms with Gasteiger partial charge in [0, 0.05) is 24.1 Å². The lowest BCUT2D eigenvalue weighted by molar-refractivity contribution is -0.124. The Morgan fingerprint density at radius 2 is 1.73 bits per heavy atom. The van der Waals surface area contributed by atoms with Gasteiger partial charge < -0.3 is 19.5 Å². The van der Waals surface area contributed by atoms with E-state index in [0.29, 0.717) is 34.9 Å². The van der Waals surface area contributed by atoms with Crippen LogP contribution in [-0.2, 0) is 16.2 Å². The zero-order chi connectivity index (χ0) is 26.5. The molecule has 0 radical (unpaired) electrons. The number of methoxy groups -OCH3 is 1. The molecular formula is C28H28N4O5. The van der Waals surface area contributed by atoms with Gasteiger partial charge in [0.2, 0.25) is 11.8 Å². The Balaban J connectivity index is 1.46. The summed E-state index contributed by atoms with van der Waals surface area (Å²) in [6.45, 7) is 2.68. The summed E-state index contributed by atoms with van der Waals surface area (Å²) in [5.74, 6) is 1.05. The van der Waals surface area contributed by atoms with Crippen LogP contribution in [0.5, 0.6) is 17.2 Å². The summed E-state index contributed by atoms with van der Waals surface area (Å²) in [6, 6.07) is 21.6. The zero-order valence-corrected chi connectivity index (χ0v) is 20.7. The van der Waals surface area contributed by atoms with Gasteiger partial charge >= 0.3 is 0 Å². The van der Waals surface area contributed by atoms with E-state index in [9.17, 15) is 14.9 Å². The van der Waals surface area contributed by atoms with Crippen LogP contribution in [0.15, 0.2) is 71.8 Å². The van der Waals surface area contributed by atoms with Gasteiger partial charge in [0.05, 0.1) is 31.6 Å². The molecule has 2 N–H and O–H groups in total. The number of benzene rings is 3. The topological polar surface area (TPSA) is 122 Å². The van der Waals surface area contributed by atoms with E-state index >= 15 is 0 Å². The van der Waals surface area contributed by atoms with Gasteiger partial charge in [-0.3, -0.25) is 9.59 Å². The van der Waals surface area contributed by atoms with Crippen molar-refractivity contribution in [3.63, 3.8) is 0 Å². The standard InChI is InChI=1S/C28H28N4O5/c1-3-36-24-11-9-23(10-12-24)31-27(33)14-15-28(34)32-30-18-20-8-13-25(26(16-20)35-2)37-19-22-7-5-4-6-21(22)17-29/h4-13,16,18H,3,14-15,19H2,1-2H3,(H,31,33)(H,32,34). The highest BCUT2D eigenvalue weighted by molar-refractivity contribution is 5.93. The lowest BCUT2D eigenvalue weighted by Crippen LogP contribution is -2.20. The molecule has 0 heterocycles. The van der Waals surface area contributed by atoms with Crippen LogP contribution in [-0.4, -0.2) is 31.7 Å². The van der Waals surface area contributed by atoms with E-state index in [4.69, 9.17) is 14.2 Å². The second-order valence-electron chi connectivity index (χ2n) is 7.77. The van der Waals surface area contributed by atoms with Crippen molar-refractivity contribution in [2.45, 2.75) is 26.4 Å². The number of ether oxygens (including phenoxy) is 3. The summed E-state index contributed by atoms with van der Waals surface area (Å²) in [7, 11) is 1.52. The van der Waals surface area contributed by atoms with Crippen LogP contribution in [0.25, 0.3) is 0 Å². The molecule has 0 bridgehead atoms. The van der Waals surface area contributed by atoms with Gasteiger partial charge in [-0.05, 0) is 61.0 Å². The Hall–Kier alpha value is -4.84. The third-order valence-corrected chi connectivity index (χ3v) is 5.14. The first kappa shape index (κ1) is 26.8. The predicted molar refractivity (Wildman–Crippen MR) is 140 cm³/mol. The SMILES string of the molecule is CCOc1ccc(NC(=O)CCC(=O)NN=Cc2ccc(OCc3ccccc3C#N)c(OC)c2)cc1. The maximum Gasteiger partial charge on any atom is 0.240 e. The number of nitrogens with zero attached hydrogens (tertiary/aromatic N) is 2. The summed E-state index contributed by atoms with van der Waals surface area (Å²) >= 11 is 0. The Morgan fingerprint density at radius 1 is 0.973 bits per heavy atom. The molecule has 0 aromatic heterocycles. The molecule has 0 fully saturated rings. The number of carbonyl (C=O) groups is 2. The van der Waals surface area contributed by atoms with Crippen LogP contribution >= 0.6 is 0 Å². The maximum atomic E-state index is 12.1. The van der Waals surface area contributed by atoms with Gasteiger partial charge in [-0.2, -0.15) is 10.4 Å². The number of hydrogen-bond donors (Lipinski definition) is 2. The average Bonchev–Trinajstić information content (AvgIpc) is 2.92. The molecule has 0 aliphatic heterocycles. The fraction of sp³-hybridized carbons (Fsp3) is 0.214. The van der Waals surface area contributed by atoms with Crippen LogP contribution in [0.3, 0.4) is 0 Å². The minimum absolute atomic E-state index is 0.0134. The van der Waals surface area contributed by atoms with Crippen LogP contribution < -0.4 is 25.0 Å². The predicted octanol–water partition coefficient (Wildman–Crippen LogP) is 4.41. The lowest BCUT2D eigenvalue weighted by Gasteiger charge is -2.12. The first-order chi connectivity index (χ1) is 18.0. The quantitative estimate of drug-likeness (QED) is 0.281. The first-order valence-electron chi connectivity index (χ1n) is 11.7. The molecule has 0 spiro atoms. The van der Waals surface area contributed by atoms with Crippen molar-refractivity contribution in [3.05, 3.63) is 83.4 Å². The van der Waals surface area contributed by atoms with Gasteiger partial charge in [-0.25, -0.2) is 5.43 Å². The van der Waals surface area contributed by atoms with E-state index in [0.717, 1.165) is 11.3 Å². The number of rotatable bonds is 12. The van der Waals surface area contributed by atoms with Crippen LogP contribution in [0, 0.1) is 11.3 Å². The van der Waals surface area contributed by atoms with Gasteiger partial charge in [0.25, 0.3) is 0 Å². The van der Waals surface area contributed by atoms with Gasteiger partial charge in [0.15, 0.2) is 11.5 Å². The van der Waals surface area contributed by atoms with E-state index in [1.54, 1.807) is 54.6 Å². The summed E-state index contributed by atoms with van der Waals surface area (Å²) in [6.07, 6.45) is 1.47. The number of carbonyl (C=O) groups excluding carboxylic acids is 2. The van der Waals surface area contributed by atoms with Gasteiger partial charge in [-0.15, -0.1) is 0 Å². The highest BCUT2D eigenvalue weighted by Crippen LogP contribution is 2.28. The highest BCUT2D eigenvalue weighted by atomic mass is 16.5. The summed E-state index contributed by atoms with van der Waals surface area (Å²) < 4.78 is 16.6. The average molecular weight is 501 g/mol. The molecule has 3 aromatic rings. The third kappa shape index (κ3) is 8.40. The van der Waals surface area contributed by atoms with E-state index in [2.05, 4.69) is 21.9 Å². The molecule has 190 valence electrons. The van der Waals surface area contributed by atoms with Crippen molar-refractivity contribution >= 4 is 23.7 Å². The smallest absolute Gasteiger partial charge is 0.240 e. The Bertz CT molecular complexity index is 1280. The van der Waals surface area contributed by atoms with Crippen LogP contribution in [0.4, 0.5) is 5.69 Å². The molecule has 0 atom stereocenters. The molecule has 37 heavy (non-hydrogen) atoms. The molecule has 0 saturated carbocycles. The molecule has 3 rings (SSSR count). The lowest BCUT2D eigenvalue weighted by atomic mass is 10.1. The molecule has 9 heteroatoms. The van der Waals surface area contributed by atoms with Crippen molar-refractivity contribution in [1.29, 1.82) is 5.26 Å². The summed E-state index contributed by atoms with van der Waals surface area (Å²) in [4.78, 5) is 24.2. The van der Waals surface area contributed by atoms with E-state index in [1.807, 2.05) is 19.1 Å². The maximum absolute atomic E-state index is 12.1. The highest BCUT2D eigenvalue weighted by Gasteiger charge is 2.09. The normalized spacial score (nSPS) is 10.4. The molecule has 9 nitrogen and oxygen atoms in total. The molecular weight excluding hydrogens is 472 g/mol. The molecule has 0 unspecified atom stereocenters. The molecule has 3 aromatic carbocycles. The Labute approximate surface area is 215 Å². The van der Waals surface area contributed by atoms with E-state index in [-0.39, 0.29) is 31.3 Å². The zero-order valence-electron chi connectivity index (χ0n) is 20.7. The van der Waals surface area contributed by atoms with Crippen molar-refractivity contribution < 1.29 is 23.8 Å². The van der Waals surface area contributed by atoms with E-state index in [1.165, 1.54) is 13.3 Å². The van der Waals surface area contributed by atoms with Crippen molar-refractivity contribution in [1.82, 2.24) is 5.43 Å². The van der Waals surface area contributed by atoms with E-state index < -0.39 is 0 Å². The Morgan fingerprint density at radius 3 is 2.46 bits per heavy atom. The second-order valence-corrected chi connectivity index (χ2v) is 7.77. The third-order valence-electron chi connectivity index (χ3n) is 5.14.